The van der Waals surface area contributed by atoms with Crippen molar-refractivity contribution < 1.29 is 13.2 Å². The van der Waals surface area contributed by atoms with Crippen molar-refractivity contribution in [2.75, 3.05) is 0 Å². The van der Waals surface area contributed by atoms with Crippen molar-refractivity contribution in [3.05, 3.63) is 108 Å². The van der Waals surface area contributed by atoms with Crippen LogP contribution in [0.15, 0.2) is 107 Å². The molecule has 36 heavy (non-hydrogen) atoms. The van der Waals surface area contributed by atoms with Gasteiger partial charge in [-0.15, -0.1) is 0 Å². The van der Waals surface area contributed by atoms with Crippen molar-refractivity contribution in [3.8, 4) is 11.1 Å². The monoisotopic (exact) mass is 487 g/mol. The first-order chi connectivity index (χ1) is 17.5. The third-order valence-electron chi connectivity index (χ3n) is 7.34. The summed E-state index contributed by atoms with van der Waals surface area (Å²) in [6, 6.07) is 30.6. The molecule has 5 heteroatoms. The molecule has 4 nitrogen and oxygen atoms in total. The molecule has 0 atom stereocenters. The second kappa shape index (κ2) is 7.39. The first-order valence-corrected chi connectivity index (χ1v) is 13.4. The minimum absolute atomic E-state index is 0.0742. The molecule has 0 saturated heterocycles. The quantitative estimate of drug-likeness (QED) is 0.263. The van der Waals surface area contributed by atoms with Crippen LogP contribution in [0.25, 0.3) is 43.7 Å². The predicted molar refractivity (Wildman–Crippen MR) is 143 cm³/mol. The number of fused-ring (bicyclic) bond motifs is 7. The van der Waals surface area contributed by atoms with Crippen LogP contribution in [0.2, 0.25) is 0 Å². The molecule has 0 saturated carbocycles. The number of ketones is 1. The normalized spacial score (nSPS) is 14.3. The highest BCUT2D eigenvalue weighted by Crippen LogP contribution is 2.39. The molecule has 6 aromatic rings. The summed E-state index contributed by atoms with van der Waals surface area (Å²) in [5.74, 6) is -0.257. The molecule has 1 aromatic heterocycles. The molecule has 2 heterocycles. The molecule has 0 amide bonds. The molecule has 0 N–H and O–H groups in total. The minimum Gasteiger partial charge on any atom is -0.341 e. The van der Waals surface area contributed by atoms with E-state index in [0.29, 0.717) is 0 Å². The standard InChI is InChI=1S/C31H21NO3S/c1-2-32-26-15-12-19-7-3-4-8-22(19)30(26)23-14-11-21(18-27(23)32)20-13-16-29-25(17-20)31(33)24-9-5-6-10-28(24)36(29,34)35/h3-18H,2H2,1H3. The van der Waals surface area contributed by atoms with Crippen molar-refractivity contribution in [1.82, 2.24) is 4.57 Å². The van der Waals surface area contributed by atoms with Crippen molar-refractivity contribution in [2.45, 2.75) is 23.3 Å². The average Bonchev–Trinajstić information content (AvgIpc) is 3.25. The van der Waals surface area contributed by atoms with Gasteiger partial charge < -0.3 is 4.57 Å². The molecule has 174 valence electrons. The molecule has 1 aliphatic rings. The van der Waals surface area contributed by atoms with Gasteiger partial charge in [-0.05, 0) is 65.2 Å². The Balaban J connectivity index is 1.45. The molecular weight excluding hydrogens is 466 g/mol. The molecular formula is C31H21NO3S. The minimum atomic E-state index is -3.74. The Hall–Kier alpha value is -4.22. The number of rotatable bonds is 2. The summed E-state index contributed by atoms with van der Waals surface area (Å²) in [4.78, 5) is 13.4. The Labute approximate surface area is 208 Å². The van der Waals surface area contributed by atoms with Crippen LogP contribution in [0.5, 0.6) is 0 Å². The number of hydrogen-bond acceptors (Lipinski definition) is 3. The number of hydrogen-bond donors (Lipinski definition) is 0. The highest BCUT2D eigenvalue weighted by atomic mass is 32.2. The van der Waals surface area contributed by atoms with Gasteiger partial charge in [0, 0.05) is 39.5 Å². The van der Waals surface area contributed by atoms with E-state index < -0.39 is 9.84 Å². The molecule has 5 aromatic carbocycles. The summed E-state index contributed by atoms with van der Waals surface area (Å²) in [7, 11) is -3.74. The molecule has 0 spiro atoms. The van der Waals surface area contributed by atoms with E-state index in [1.807, 2.05) is 0 Å². The number of carbonyl (C=O) groups excluding carboxylic acids is 1. The summed E-state index contributed by atoms with van der Waals surface area (Å²) in [5, 5.41) is 4.85. The van der Waals surface area contributed by atoms with Crippen molar-refractivity contribution in [1.29, 1.82) is 0 Å². The number of aromatic nitrogens is 1. The Morgan fingerprint density at radius 1 is 0.667 bits per heavy atom. The first kappa shape index (κ1) is 21.1. The van der Waals surface area contributed by atoms with Crippen LogP contribution in [-0.4, -0.2) is 18.8 Å². The highest BCUT2D eigenvalue weighted by molar-refractivity contribution is 7.91. The Kier molecular flexibility index (Phi) is 4.33. The average molecular weight is 488 g/mol. The zero-order valence-corrected chi connectivity index (χ0v) is 20.3. The number of nitrogens with zero attached hydrogens (tertiary/aromatic N) is 1. The van der Waals surface area contributed by atoms with Gasteiger partial charge >= 0.3 is 0 Å². The van der Waals surface area contributed by atoms with Gasteiger partial charge in [0.1, 0.15) is 0 Å². The van der Waals surface area contributed by atoms with Crippen LogP contribution in [0.4, 0.5) is 0 Å². The smallest absolute Gasteiger partial charge is 0.208 e. The van der Waals surface area contributed by atoms with Crippen LogP contribution >= 0.6 is 0 Å². The largest absolute Gasteiger partial charge is 0.341 e. The van der Waals surface area contributed by atoms with Crippen molar-refractivity contribution in [3.63, 3.8) is 0 Å². The second-order valence-electron chi connectivity index (χ2n) is 9.20. The fourth-order valence-corrected chi connectivity index (χ4v) is 7.29. The topological polar surface area (TPSA) is 56.1 Å². The van der Waals surface area contributed by atoms with Crippen molar-refractivity contribution >= 4 is 48.2 Å². The number of benzene rings is 5. The third-order valence-corrected chi connectivity index (χ3v) is 9.21. The van der Waals surface area contributed by atoms with Gasteiger partial charge in [-0.3, -0.25) is 4.79 Å². The molecule has 7 rings (SSSR count). The van der Waals surface area contributed by atoms with E-state index in [-0.39, 0.29) is 26.7 Å². The number of aryl methyl sites for hydroxylation is 1. The van der Waals surface area contributed by atoms with Crippen LogP contribution in [-0.2, 0) is 16.4 Å². The summed E-state index contributed by atoms with van der Waals surface area (Å²) in [5.41, 5.74) is 4.52. The Bertz CT molecular complexity index is 2020. The number of carbonyl (C=O) groups is 1. The van der Waals surface area contributed by atoms with E-state index in [1.54, 1.807) is 36.4 Å². The van der Waals surface area contributed by atoms with Gasteiger partial charge in [-0.1, -0.05) is 60.7 Å². The molecule has 0 unspecified atom stereocenters. The van der Waals surface area contributed by atoms with E-state index >= 15 is 0 Å². The van der Waals surface area contributed by atoms with Crippen LogP contribution in [0, 0.1) is 0 Å². The maximum absolute atomic E-state index is 13.3. The molecule has 0 fully saturated rings. The molecule has 0 bridgehead atoms. The van der Waals surface area contributed by atoms with Crippen molar-refractivity contribution in [2.24, 2.45) is 0 Å². The summed E-state index contributed by atoms with van der Waals surface area (Å²) < 4.78 is 28.7. The second-order valence-corrected chi connectivity index (χ2v) is 11.1. The SMILES string of the molecule is CCn1c2cc(-c3ccc4c(c3)C(=O)c3ccccc3S4(=O)=O)ccc2c2c3ccccc3ccc21. The highest BCUT2D eigenvalue weighted by Gasteiger charge is 2.34. The zero-order valence-electron chi connectivity index (χ0n) is 19.5. The van der Waals surface area contributed by atoms with E-state index in [2.05, 4.69) is 66.1 Å². The van der Waals surface area contributed by atoms with Gasteiger partial charge in [0.15, 0.2) is 5.78 Å². The fourth-order valence-electron chi connectivity index (χ4n) is 5.66. The third kappa shape index (κ3) is 2.75. The van der Waals surface area contributed by atoms with Crippen LogP contribution in [0.3, 0.4) is 0 Å². The Morgan fingerprint density at radius 2 is 1.39 bits per heavy atom. The van der Waals surface area contributed by atoms with Gasteiger partial charge in [-0.25, -0.2) is 8.42 Å². The predicted octanol–water partition coefficient (Wildman–Crippen LogP) is 7.01. The molecule has 1 aliphatic heterocycles. The maximum Gasteiger partial charge on any atom is 0.208 e. The van der Waals surface area contributed by atoms with Gasteiger partial charge in [0.2, 0.25) is 9.84 Å². The lowest BCUT2D eigenvalue weighted by atomic mass is 9.96. The molecule has 0 aliphatic carbocycles. The van der Waals surface area contributed by atoms with Gasteiger partial charge in [-0.2, -0.15) is 0 Å². The van der Waals surface area contributed by atoms with Gasteiger partial charge in [0.25, 0.3) is 0 Å². The van der Waals surface area contributed by atoms with E-state index in [4.69, 9.17) is 0 Å². The number of sulfone groups is 1. The fraction of sp³-hybridized carbons (Fsp3) is 0.0645. The molecule has 0 radical (unpaired) electrons. The van der Waals surface area contributed by atoms with Gasteiger partial charge in [0.05, 0.1) is 9.79 Å². The lowest BCUT2D eigenvalue weighted by molar-refractivity contribution is 0.103. The lowest BCUT2D eigenvalue weighted by Gasteiger charge is -2.19. The first-order valence-electron chi connectivity index (χ1n) is 12.0. The summed E-state index contributed by atoms with van der Waals surface area (Å²) in [6.45, 7) is 2.96. The zero-order chi connectivity index (χ0) is 24.6. The Morgan fingerprint density at radius 3 is 2.25 bits per heavy atom. The van der Waals surface area contributed by atoms with Crippen LogP contribution < -0.4 is 0 Å². The summed E-state index contributed by atoms with van der Waals surface area (Å²) >= 11 is 0. The van der Waals surface area contributed by atoms with E-state index in [9.17, 15) is 13.2 Å². The lowest BCUT2D eigenvalue weighted by Crippen LogP contribution is -2.20. The summed E-state index contributed by atoms with van der Waals surface area (Å²) in [6.07, 6.45) is 0. The van der Waals surface area contributed by atoms with E-state index in [1.165, 1.54) is 33.1 Å². The van der Waals surface area contributed by atoms with E-state index in [0.717, 1.165) is 23.2 Å². The van der Waals surface area contributed by atoms with Crippen LogP contribution in [0.1, 0.15) is 22.8 Å². The maximum atomic E-state index is 13.3.